The maximum atomic E-state index is 12.4. The van der Waals surface area contributed by atoms with E-state index in [2.05, 4.69) is 39.0 Å². The maximum Gasteiger partial charge on any atom is 0.222 e. The number of hydrogen-bond donors (Lipinski definition) is 1. The molecule has 1 N–H and O–H groups in total. The SMILES string of the molecule is COCCCN1C[C@@]2(CCCN(Cc3ccc4[nH]ccc4c3)C2)CCC1=O. The van der Waals surface area contributed by atoms with Crippen molar-refractivity contribution < 1.29 is 9.53 Å². The predicted molar refractivity (Wildman–Crippen MR) is 108 cm³/mol. The first-order valence-corrected chi connectivity index (χ1v) is 10.2. The van der Waals surface area contributed by atoms with Crippen LogP contribution in [-0.2, 0) is 16.1 Å². The van der Waals surface area contributed by atoms with E-state index in [0.29, 0.717) is 12.3 Å². The third-order valence-electron chi connectivity index (χ3n) is 6.29. The van der Waals surface area contributed by atoms with Crippen molar-refractivity contribution >= 4 is 16.8 Å². The Morgan fingerprint density at radius 1 is 1.22 bits per heavy atom. The minimum atomic E-state index is 0.275. The molecule has 0 aliphatic carbocycles. The van der Waals surface area contributed by atoms with Crippen LogP contribution < -0.4 is 0 Å². The van der Waals surface area contributed by atoms with Crippen LogP contribution in [0, 0.1) is 5.41 Å². The van der Waals surface area contributed by atoms with Gasteiger partial charge in [0.1, 0.15) is 0 Å². The van der Waals surface area contributed by atoms with E-state index >= 15 is 0 Å². The number of nitrogens with zero attached hydrogens (tertiary/aromatic N) is 2. The minimum absolute atomic E-state index is 0.275. The molecule has 27 heavy (non-hydrogen) atoms. The van der Waals surface area contributed by atoms with E-state index in [-0.39, 0.29) is 5.41 Å². The lowest BCUT2D eigenvalue weighted by Crippen LogP contribution is -2.54. The second-order valence-corrected chi connectivity index (χ2v) is 8.38. The zero-order valence-electron chi connectivity index (χ0n) is 16.4. The number of nitrogens with one attached hydrogen (secondary N) is 1. The highest BCUT2D eigenvalue weighted by atomic mass is 16.5. The number of rotatable bonds is 6. The summed E-state index contributed by atoms with van der Waals surface area (Å²) in [5.74, 6) is 0.326. The number of aromatic amines is 1. The van der Waals surface area contributed by atoms with Crippen LogP contribution in [-0.4, -0.2) is 60.6 Å². The van der Waals surface area contributed by atoms with Crippen molar-refractivity contribution in [3.05, 3.63) is 36.0 Å². The van der Waals surface area contributed by atoms with Crippen LogP contribution in [0.2, 0.25) is 0 Å². The highest BCUT2D eigenvalue weighted by molar-refractivity contribution is 5.80. The number of methoxy groups -OCH3 is 1. The number of benzene rings is 1. The van der Waals surface area contributed by atoms with Crippen LogP contribution in [0.15, 0.2) is 30.5 Å². The van der Waals surface area contributed by atoms with Gasteiger partial charge < -0.3 is 14.6 Å². The molecule has 5 heteroatoms. The molecule has 1 amide bonds. The Kier molecular flexibility index (Phi) is 5.50. The van der Waals surface area contributed by atoms with E-state index in [1.807, 2.05) is 6.20 Å². The third-order valence-corrected chi connectivity index (χ3v) is 6.29. The summed E-state index contributed by atoms with van der Waals surface area (Å²) >= 11 is 0. The summed E-state index contributed by atoms with van der Waals surface area (Å²) in [7, 11) is 1.73. The number of fused-ring (bicyclic) bond motifs is 1. The van der Waals surface area contributed by atoms with Gasteiger partial charge in [-0.3, -0.25) is 9.69 Å². The molecule has 1 aromatic carbocycles. The molecule has 0 saturated carbocycles. The van der Waals surface area contributed by atoms with Crippen molar-refractivity contribution in [1.29, 1.82) is 0 Å². The second-order valence-electron chi connectivity index (χ2n) is 8.38. The van der Waals surface area contributed by atoms with Crippen LogP contribution in [0.4, 0.5) is 0 Å². The van der Waals surface area contributed by atoms with Crippen LogP contribution in [0.1, 0.15) is 37.7 Å². The van der Waals surface area contributed by atoms with Crippen molar-refractivity contribution in [3.63, 3.8) is 0 Å². The Morgan fingerprint density at radius 2 is 2.15 bits per heavy atom. The Bertz CT molecular complexity index is 787. The predicted octanol–water partition coefficient (Wildman–Crippen LogP) is 3.41. The molecule has 2 fully saturated rings. The highest BCUT2D eigenvalue weighted by Gasteiger charge is 2.41. The van der Waals surface area contributed by atoms with Crippen LogP contribution in [0.25, 0.3) is 10.9 Å². The Labute approximate surface area is 161 Å². The summed E-state index contributed by atoms with van der Waals surface area (Å²) < 4.78 is 5.16. The van der Waals surface area contributed by atoms with Gasteiger partial charge >= 0.3 is 0 Å². The molecule has 0 radical (unpaired) electrons. The smallest absolute Gasteiger partial charge is 0.222 e. The molecule has 5 nitrogen and oxygen atoms in total. The molecule has 0 bridgehead atoms. The van der Waals surface area contributed by atoms with Gasteiger partial charge in [-0.05, 0) is 61.4 Å². The van der Waals surface area contributed by atoms with Gasteiger partial charge in [-0.1, -0.05) is 6.07 Å². The number of likely N-dealkylation sites (tertiary alicyclic amines) is 2. The van der Waals surface area contributed by atoms with Gasteiger partial charge in [-0.2, -0.15) is 0 Å². The average molecular weight is 370 g/mol. The highest BCUT2D eigenvalue weighted by Crippen LogP contribution is 2.39. The van der Waals surface area contributed by atoms with Gasteiger partial charge in [0.15, 0.2) is 0 Å². The van der Waals surface area contributed by atoms with E-state index < -0.39 is 0 Å². The number of piperidine rings is 2. The number of amides is 1. The van der Waals surface area contributed by atoms with Gasteiger partial charge in [0.2, 0.25) is 5.91 Å². The molecule has 3 heterocycles. The van der Waals surface area contributed by atoms with E-state index in [1.54, 1.807) is 7.11 Å². The zero-order valence-corrected chi connectivity index (χ0v) is 16.4. The van der Waals surface area contributed by atoms with Crippen molar-refractivity contribution in [2.75, 3.05) is 39.9 Å². The first-order chi connectivity index (χ1) is 13.2. The first-order valence-electron chi connectivity index (χ1n) is 10.2. The number of hydrogen-bond acceptors (Lipinski definition) is 3. The molecule has 2 aliphatic rings. The fourth-order valence-electron chi connectivity index (χ4n) is 4.94. The van der Waals surface area contributed by atoms with E-state index in [4.69, 9.17) is 4.74 Å². The largest absolute Gasteiger partial charge is 0.385 e. The van der Waals surface area contributed by atoms with E-state index in [9.17, 15) is 4.79 Å². The average Bonchev–Trinajstić information content (AvgIpc) is 3.13. The molecule has 1 aromatic heterocycles. The van der Waals surface area contributed by atoms with Crippen LogP contribution in [0.5, 0.6) is 0 Å². The number of ether oxygens (including phenoxy) is 1. The molecule has 2 saturated heterocycles. The van der Waals surface area contributed by atoms with Gasteiger partial charge in [0.05, 0.1) is 0 Å². The van der Waals surface area contributed by atoms with Crippen molar-refractivity contribution in [2.45, 2.75) is 38.6 Å². The quantitative estimate of drug-likeness (QED) is 0.794. The first kappa shape index (κ1) is 18.5. The summed E-state index contributed by atoms with van der Waals surface area (Å²) in [5.41, 5.74) is 2.85. The summed E-state index contributed by atoms with van der Waals surface area (Å²) in [6, 6.07) is 8.86. The third kappa shape index (κ3) is 4.19. The summed E-state index contributed by atoms with van der Waals surface area (Å²) in [6.07, 6.45) is 7.15. The lowest BCUT2D eigenvalue weighted by atomic mass is 9.73. The van der Waals surface area contributed by atoms with Crippen molar-refractivity contribution in [3.8, 4) is 0 Å². The molecule has 1 atom stereocenters. The van der Waals surface area contributed by atoms with Crippen LogP contribution in [0.3, 0.4) is 0 Å². The lowest BCUT2D eigenvalue weighted by Gasteiger charge is -2.48. The number of carbonyl (C=O) groups is 1. The fourth-order valence-corrected chi connectivity index (χ4v) is 4.94. The standard InChI is InChI=1S/C22H31N3O2/c1-27-13-3-12-25-17-22(9-6-21(25)26)8-2-11-24(16-22)15-18-4-5-20-19(14-18)7-10-23-20/h4-5,7,10,14,23H,2-3,6,8-9,11-13,15-17H2,1H3/t22-/m0/s1. The molecular formula is C22H31N3O2. The topological polar surface area (TPSA) is 48.6 Å². The monoisotopic (exact) mass is 369 g/mol. The van der Waals surface area contributed by atoms with Gasteiger partial charge in [0, 0.05) is 63.4 Å². The number of aromatic nitrogens is 1. The molecule has 2 aliphatic heterocycles. The Hall–Kier alpha value is -1.85. The summed E-state index contributed by atoms with van der Waals surface area (Å²) in [4.78, 5) is 20.3. The van der Waals surface area contributed by atoms with Crippen molar-refractivity contribution in [2.24, 2.45) is 5.41 Å². The molecule has 1 spiro atoms. The molecule has 2 aromatic rings. The van der Waals surface area contributed by atoms with Gasteiger partial charge in [0.25, 0.3) is 0 Å². The normalized spacial score (nSPS) is 24.2. The molecule has 146 valence electrons. The summed E-state index contributed by atoms with van der Waals surface area (Å²) in [6.45, 7) is 5.74. The summed E-state index contributed by atoms with van der Waals surface area (Å²) in [5, 5.41) is 1.28. The Balaban J connectivity index is 1.41. The molecular weight excluding hydrogens is 338 g/mol. The maximum absolute atomic E-state index is 12.4. The fraction of sp³-hybridized carbons (Fsp3) is 0.591. The van der Waals surface area contributed by atoms with E-state index in [0.717, 1.165) is 52.2 Å². The van der Waals surface area contributed by atoms with Crippen LogP contribution >= 0.6 is 0 Å². The second kappa shape index (κ2) is 8.03. The van der Waals surface area contributed by atoms with E-state index in [1.165, 1.54) is 29.3 Å². The number of H-pyrrole nitrogens is 1. The lowest BCUT2D eigenvalue weighted by molar-refractivity contribution is -0.139. The Morgan fingerprint density at radius 3 is 3.04 bits per heavy atom. The zero-order chi connectivity index (χ0) is 18.7. The molecule has 4 rings (SSSR count). The van der Waals surface area contributed by atoms with Gasteiger partial charge in [-0.25, -0.2) is 0 Å². The minimum Gasteiger partial charge on any atom is -0.385 e. The number of carbonyl (C=O) groups excluding carboxylic acids is 1. The molecule has 0 unspecified atom stereocenters. The van der Waals surface area contributed by atoms with Crippen molar-refractivity contribution in [1.82, 2.24) is 14.8 Å². The van der Waals surface area contributed by atoms with Gasteiger partial charge in [-0.15, -0.1) is 0 Å².